The molecular weight excluding hydrogens is 104 g/mol. The summed E-state index contributed by atoms with van der Waals surface area (Å²) in [6.07, 6.45) is 0. The molecule has 0 aliphatic rings. The third-order valence-corrected chi connectivity index (χ3v) is 0.759. The highest BCUT2D eigenvalue weighted by atomic mass is 16.5. The third-order valence-electron chi connectivity index (χ3n) is 0.759. The molecule has 0 rings (SSSR count). The zero-order chi connectivity index (χ0) is 6.57. The summed E-state index contributed by atoms with van der Waals surface area (Å²) in [5.74, 6) is 0.555. The molecule has 0 aliphatic heterocycles. The lowest BCUT2D eigenvalue weighted by Crippen LogP contribution is -3.11. The van der Waals surface area contributed by atoms with E-state index in [9.17, 15) is 5.21 Å². The number of hydrogen-bond acceptors (Lipinski definition) is 2. The van der Waals surface area contributed by atoms with Crippen LogP contribution in [0, 0.1) is 11.1 Å². The molecule has 0 saturated carbocycles. The molecule has 3 heteroatoms. The zero-order valence-electron chi connectivity index (χ0n) is 5.69. The highest BCUT2D eigenvalue weighted by molar-refractivity contribution is 4.40. The molecule has 0 amide bonds. The van der Waals surface area contributed by atoms with Crippen molar-refractivity contribution in [2.24, 2.45) is 5.92 Å². The lowest BCUT2D eigenvalue weighted by molar-refractivity contribution is -0.875. The van der Waals surface area contributed by atoms with Gasteiger partial charge in [0.15, 0.2) is 0 Å². The molecule has 0 aromatic rings. The Morgan fingerprint density at radius 1 is 1.62 bits per heavy atom. The quantitative estimate of drug-likeness (QED) is 0.474. The van der Waals surface area contributed by atoms with Crippen LogP contribution in [-0.4, -0.2) is 13.6 Å². The molecule has 8 heavy (non-hydrogen) atoms. The number of nitrogens with one attached hydrogen (secondary N) is 2. The lowest BCUT2D eigenvalue weighted by atomic mass is 10.2. The van der Waals surface area contributed by atoms with Gasteiger partial charge in [-0.05, 0) is 5.92 Å². The second-order valence-corrected chi connectivity index (χ2v) is 2.33. The molecule has 0 aliphatic carbocycles. The van der Waals surface area contributed by atoms with Gasteiger partial charge in [0.05, 0.1) is 7.05 Å². The van der Waals surface area contributed by atoms with Crippen molar-refractivity contribution < 1.29 is 5.17 Å². The average Bonchev–Trinajstić information content (AvgIpc) is 1.61. The molecule has 0 fully saturated rings. The van der Waals surface area contributed by atoms with Gasteiger partial charge in [0, 0.05) is 6.54 Å². The van der Waals surface area contributed by atoms with Gasteiger partial charge in [-0.25, -0.2) is 0 Å². The van der Waals surface area contributed by atoms with Crippen molar-refractivity contribution >= 4 is 0 Å². The molecule has 0 aromatic carbocycles. The molecule has 0 radical (unpaired) electrons. The number of quaternary nitrogens is 1. The Bertz CT molecular complexity index is 46.4. The van der Waals surface area contributed by atoms with E-state index in [1.807, 2.05) is 0 Å². The minimum Gasteiger partial charge on any atom is -0.613 e. The SMILES string of the molecule is CC(C)CN[NH+](C)[O-]. The first kappa shape index (κ1) is 7.88. The molecule has 1 unspecified atom stereocenters. The fourth-order valence-corrected chi connectivity index (χ4v) is 0.348. The maximum Gasteiger partial charge on any atom is 0.0839 e. The Hall–Kier alpha value is -0.120. The van der Waals surface area contributed by atoms with Gasteiger partial charge in [0.2, 0.25) is 0 Å². The van der Waals surface area contributed by atoms with E-state index >= 15 is 0 Å². The summed E-state index contributed by atoms with van der Waals surface area (Å²) in [6, 6.07) is 0. The number of rotatable bonds is 3. The first-order chi connectivity index (χ1) is 3.63. The van der Waals surface area contributed by atoms with Crippen LogP contribution in [-0.2, 0) is 0 Å². The molecule has 3 nitrogen and oxygen atoms in total. The van der Waals surface area contributed by atoms with E-state index < -0.39 is 0 Å². The first-order valence-corrected chi connectivity index (χ1v) is 2.87. The summed E-state index contributed by atoms with van der Waals surface area (Å²) in [4.78, 5) is 0. The Morgan fingerprint density at radius 3 is 2.25 bits per heavy atom. The van der Waals surface area contributed by atoms with Crippen LogP contribution in [0.15, 0.2) is 0 Å². The van der Waals surface area contributed by atoms with Crippen molar-refractivity contribution in [3.05, 3.63) is 5.21 Å². The summed E-state index contributed by atoms with van der Waals surface area (Å²) < 4.78 is 0. The van der Waals surface area contributed by atoms with Crippen LogP contribution in [0.2, 0.25) is 0 Å². The monoisotopic (exact) mass is 118 g/mol. The molecule has 1 atom stereocenters. The normalized spacial score (nSPS) is 14.6. The summed E-state index contributed by atoms with van der Waals surface area (Å²) in [6.45, 7) is 4.92. The Morgan fingerprint density at radius 2 is 2.12 bits per heavy atom. The van der Waals surface area contributed by atoms with Gasteiger partial charge in [-0.2, -0.15) is 5.43 Å². The first-order valence-electron chi connectivity index (χ1n) is 2.87. The van der Waals surface area contributed by atoms with Crippen LogP contribution in [0.25, 0.3) is 0 Å². The third kappa shape index (κ3) is 5.88. The highest BCUT2D eigenvalue weighted by Crippen LogP contribution is 1.83. The van der Waals surface area contributed by atoms with E-state index in [0.29, 0.717) is 5.92 Å². The van der Waals surface area contributed by atoms with Crippen molar-refractivity contribution in [3.63, 3.8) is 0 Å². The summed E-state index contributed by atoms with van der Waals surface area (Å²) in [5, 5.41) is 10.3. The molecule has 0 saturated heterocycles. The van der Waals surface area contributed by atoms with E-state index in [1.54, 1.807) is 0 Å². The maximum atomic E-state index is 10.2. The topological polar surface area (TPSA) is 39.5 Å². The van der Waals surface area contributed by atoms with Gasteiger partial charge < -0.3 is 5.21 Å². The standard InChI is InChI=1S/C5H14N2O/c1-5(2)4-6-7(3)8/h5-7H,4H2,1-3H3. The van der Waals surface area contributed by atoms with E-state index in [0.717, 1.165) is 6.54 Å². The van der Waals surface area contributed by atoms with Gasteiger partial charge in [0.25, 0.3) is 0 Å². The fourth-order valence-electron chi connectivity index (χ4n) is 0.348. The van der Waals surface area contributed by atoms with Gasteiger partial charge in [-0.1, -0.05) is 13.8 Å². The summed E-state index contributed by atoms with van der Waals surface area (Å²) >= 11 is 0. The summed E-state index contributed by atoms with van der Waals surface area (Å²) in [5.41, 5.74) is 2.71. The van der Waals surface area contributed by atoms with Gasteiger partial charge >= 0.3 is 0 Å². The van der Waals surface area contributed by atoms with Crippen LogP contribution >= 0.6 is 0 Å². The van der Waals surface area contributed by atoms with Crippen molar-refractivity contribution in [2.45, 2.75) is 13.8 Å². The second kappa shape index (κ2) is 3.83. The molecule has 0 aromatic heterocycles. The van der Waals surface area contributed by atoms with Crippen molar-refractivity contribution in [1.29, 1.82) is 0 Å². The second-order valence-electron chi connectivity index (χ2n) is 2.33. The van der Waals surface area contributed by atoms with Gasteiger partial charge in [-0.15, -0.1) is 0 Å². The molecule has 0 bridgehead atoms. The Kier molecular flexibility index (Phi) is 3.77. The predicted octanol–water partition coefficient (Wildman–Crippen LogP) is -0.840. The number of hydroxylamine groups is 1. The Labute approximate surface area is 50.2 Å². The minimum absolute atomic E-state index is 0.0544. The minimum atomic E-state index is 0.0544. The van der Waals surface area contributed by atoms with Crippen LogP contribution in [0.3, 0.4) is 0 Å². The van der Waals surface area contributed by atoms with E-state index in [-0.39, 0.29) is 5.17 Å². The largest absolute Gasteiger partial charge is 0.613 e. The fraction of sp³-hybridized carbons (Fsp3) is 1.00. The smallest absolute Gasteiger partial charge is 0.0839 e. The molecule has 2 N–H and O–H groups in total. The lowest BCUT2D eigenvalue weighted by Gasteiger charge is -2.17. The predicted molar refractivity (Wildman–Crippen MR) is 33.1 cm³/mol. The molecule has 0 heterocycles. The van der Waals surface area contributed by atoms with Gasteiger partial charge in [-0.3, -0.25) is 5.17 Å². The van der Waals surface area contributed by atoms with E-state index in [2.05, 4.69) is 19.3 Å². The number of hydrogen-bond donors (Lipinski definition) is 2. The van der Waals surface area contributed by atoms with Crippen LogP contribution in [0.1, 0.15) is 13.8 Å². The molecule has 0 spiro atoms. The Balaban J connectivity index is 2.93. The van der Waals surface area contributed by atoms with E-state index in [4.69, 9.17) is 0 Å². The van der Waals surface area contributed by atoms with Crippen LogP contribution < -0.4 is 10.6 Å². The summed E-state index contributed by atoms with van der Waals surface area (Å²) in [7, 11) is 1.53. The van der Waals surface area contributed by atoms with Crippen LogP contribution in [0.5, 0.6) is 0 Å². The maximum absolute atomic E-state index is 10.2. The highest BCUT2D eigenvalue weighted by Gasteiger charge is 1.91. The molecular formula is C5H14N2O. The van der Waals surface area contributed by atoms with Crippen molar-refractivity contribution in [1.82, 2.24) is 5.43 Å². The zero-order valence-corrected chi connectivity index (χ0v) is 5.69. The average molecular weight is 118 g/mol. The van der Waals surface area contributed by atoms with Crippen LogP contribution in [0.4, 0.5) is 0 Å². The van der Waals surface area contributed by atoms with E-state index in [1.165, 1.54) is 7.05 Å². The van der Waals surface area contributed by atoms with Gasteiger partial charge in [0.1, 0.15) is 0 Å². The molecule has 50 valence electrons. The van der Waals surface area contributed by atoms with Crippen molar-refractivity contribution in [2.75, 3.05) is 13.6 Å². The van der Waals surface area contributed by atoms with Crippen molar-refractivity contribution in [3.8, 4) is 0 Å².